The third-order valence-electron chi connectivity index (χ3n) is 3.41. The molecule has 1 amide bonds. The largest absolute Gasteiger partial charge is 0.490 e. The molecule has 1 N–H and O–H groups in total. The van der Waals surface area contributed by atoms with E-state index in [1.807, 2.05) is 32.1 Å². The van der Waals surface area contributed by atoms with Crippen molar-refractivity contribution in [1.29, 1.82) is 0 Å². The molecule has 0 radical (unpaired) electrons. The summed E-state index contributed by atoms with van der Waals surface area (Å²) in [6.07, 6.45) is 3.03. The van der Waals surface area contributed by atoms with Crippen molar-refractivity contribution < 1.29 is 14.3 Å². The highest BCUT2D eigenvalue weighted by Crippen LogP contribution is 2.14. The van der Waals surface area contributed by atoms with Gasteiger partial charge in [-0.1, -0.05) is 11.6 Å². The zero-order chi connectivity index (χ0) is 15.1. The minimum atomic E-state index is -0.0606. The topological polar surface area (TPSA) is 47.6 Å². The van der Waals surface area contributed by atoms with Crippen molar-refractivity contribution >= 4 is 5.91 Å². The van der Waals surface area contributed by atoms with Crippen LogP contribution in [0.15, 0.2) is 35.9 Å². The summed E-state index contributed by atoms with van der Waals surface area (Å²) >= 11 is 0. The molecule has 0 aromatic heterocycles. The van der Waals surface area contributed by atoms with Gasteiger partial charge in [0.05, 0.1) is 6.61 Å². The van der Waals surface area contributed by atoms with E-state index >= 15 is 0 Å². The van der Waals surface area contributed by atoms with Gasteiger partial charge in [0.15, 0.2) is 0 Å². The fourth-order valence-corrected chi connectivity index (χ4v) is 2.12. The number of allylic oxidation sites excluding steroid dienone is 1. The number of benzene rings is 1. The third-order valence-corrected chi connectivity index (χ3v) is 3.41. The highest BCUT2D eigenvalue weighted by Gasteiger charge is 2.16. The molecule has 0 saturated carbocycles. The van der Waals surface area contributed by atoms with Crippen molar-refractivity contribution in [2.75, 3.05) is 26.4 Å². The summed E-state index contributed by atoms with van der Waals surface area (Å²) < 4.78 is 10.9. The number of amides is 1. The van der Waals surface area contributed by atoms with Crippen LogP contribution in [-0.2, 0) is 4.74 Å². The zero-order valence-corrected chi connectivity index (χ0v) is 12.7. The maximum absolute atomic E-state index is 12.1. The molecule has 1 saturated heterocycles. The first kappa shape index (κ1) is 15.6. The van der Waals surface area contributed by atoms with Gasteiger partial charge in [-0.05, 0) is 44.5 Å². The Morgan fingerprint density at radius 1 is 1.48 bits per heavy atom. The second-order valence-corrected chi connectivity index (χ2v) is 5.56. The third kappa shape index (κ3) is 5.23. The summed E-state index contributed by atoms with van der Waals surface area (Å²) in [5.41, 5.74) is 1.84. The average molecular weight is 289 g/mol. The van der Waals surface area contributed by atoms with E-state index in [1.54, 1.807) is 12.1 Å². The second kappa shape index (κ2) is 7.84. The Balaban J connectivity index is 1.86. The van der Waals surface area contributed by atoms with Crippen LogP contribution in [0.3, 0.4) is 0 Å². The highest BCUT2D eigenvalue weighted by molar-refractivity contribution is 5.94. The Kier molecular flexibility index (Phi) is 5.81. The molecule has 0 aliphatic carbocycles. The van der Waals surface area contributed by atoms with Gasteiger partial charge in [0.2, 0.25) is 0 Å². The quantitative estimate of drug-likeness (QED) is 0.819. The van der Waals surface area contributed by atoms with Crippen molar-refractivity contribution in [2.24, 2.45) is 5.92 Å². The van der Waals surface area contributed by atoms with Crippen molar-refractivity contribution in [3.63, 3.8) is 0 Å². The summed E-state index contributed by atoms with van der Waals surface area (Å²) in [4.78, 5) is 12.1. The first-order valence-electron chi connectivity index (χ1n) is 7.37. The lowest BCUT2D eigenvalue weighted by Gasteiger charge is -2.10. The summed E-state index contributed by atoms with van der Waals surface area (Å²) in [6, 6.07) is 7.28. The van der Waals surface area contributed by atoms with E-state index in [0.29, 0.717) is 30.4 Å². The summed E-state index contributed by atoms with van der Waals surface area (Å²) in [5, 5.41) is 2.96. The number of carbonyl (C=O) groups excluding carboxylic acids is 1. The lowest BCUT2D eigenvalue weighted by molar-refractivity contribution is 0.0944. The van der Waals surface area contributed by atoms with E-state index in [9.17, 15) is 4.79 Å². The molecule has 0 unspecified atom stereocenters. The van der Waals surface area contributed by atoms with E-state index in [0.717, 1.165) is 19.6 Å². The first-order valence-corrected chi connectivity index (χ1v) is 7.37. The van der Waals surface area contributed by atoms with Crippen molar-refractivity contribution in [1.82, 2.24) is 5.32 Å². The smallest absolute Gasteiger partial charge is 0.251 e. The van der Waals surface area contributed by atoms with E-state index in [-0.39, 0.29) is 5.91 Å². The normalized spacial score (nSPS) is 17.3. The van der Waals surface area contributed by atoms with Gasteiger partial charge in [-0.25, -0.2) is 0 Å². The lowest BCUT2D eigenvalue weighted by Crippen LogP contribution is -2.29. The Bertz CT molecular complexity index is 501. The molecule has 2 rings (SSSR count). The summed E-state index contributed by atoms with van der Waals surface area (Å²) in [5.74, 6) is 1.09. The molecule has 0 bridgehead atoms. The maximum atomic E-state index is 12.1. The molecule has 4 nitrogen and oxygen atoms in total. The van der Waals surface area contributed by atoms with E-state index in [4.69, 9.17) is 9.47 Å². The van der Waals surface area contributed by atoms with E-state index < -0.39 is 0 Å². The molecular weight excluding hydrogens is 266 g/mol. The second-order valence-electron chi connectivity index (χ2n) is 5.56. The fraction of sp³-hybridized carbons (Fsp3) is 0.471. The van der Waals surface area contributed by atoms with Gasteiger partial charge >= 0.3 is 0 Å². The number of hydrogen-bond donors (Lipinski definition) is 1. The van der Waals surface area contributed by atoms with Gasteiger partial charge in [0.25, 0.3) is 5.91 Å². The lowest BCUT2D eigenvalue weighted by atomic mass is 10.1. The summed E-state index contributed by atoms with van der Waals surface area (Å²) in [7, 11) is 0. The standard InChI is InChI=1S/C17H23NO3/c1-13(2)6-9-21-16-5-3-4-15(10-16)17(19)18-11-14-7-8-20-12-14/h3-6,10,14H,7-9,11-12H2,1-2H3,(H,18,19)/t14-/m0/s1. The molecule has 1 heterocycles. The van der Waals surface area contributed by atoms with Crippen LogP contribution in [0, 0.1) is 5.92 Å². The minimum absolute atomic E-state index is 0.0606. The van der Waals surface area contributed by atoms with Gasteiger partial charge in [-0.15, -0.1) is 0 Å². The Morgan fingerprint density at radius 3 is 3.05 bits per heavy atom. The van der Waals surface area contributed by atoms with E-state index in [1.165, 1.54) is 5.57 Å². The molecule has 1 fully saturated rings. The van der Waals surface area contributed by atoms with Gasteiger partial charge in [0, 0.05) is 24.6 Å². The van der Waals surface area contributed by atoms with Gasteiger partial charge in [-0.3, -0.25) is 4.79 Å². The van der Waals surface area contributed by atoms with Crippen molar-refractivity contribution in [2.45, 2.75) is 20.3 Å². The van der Waals surface area contributed by atoms with Crippen LogP contribution in [0.2, 0.25) is 0 Å². The molecule has 1 aliphatic rings. The molecule has 1 aliphatic heterocycles. The number of hydrogen-bond acceptors (Lipinski definition) is 3. The fourth-order valence-electron chi connectivity index (χ4n) is 2.12. The predicted molar refractivity (Wildman–Crippen MR) is 82.6 cm³/mol. The van der Waals surface area contributed by atoms with Crippen LogP contribution in [0.1, 0.15) is 30.6 Å². The summed E-state index contributed by atoms with van der Waals surface area (Å²) in [6.45, 7) is 6.79. The predicted octanol–water partition coefficient (Wildman–Crippen LogP) is 2.80. The monoisotopic (exact) mass is 289 g/mol. The Labute approximate surface area is 126 Å². The zero-order valence-electron chi connectivity index (χ0n) is 12.7. The van der Waals surface area contributed by atoms with Crippen molar-refractivity contribution in [3.8, 4) is 5.75 Å². The van der Waals surface area contributed by atoms with Crippen LogP contribution in [0.25, 0.3) is 0 Å². The number of carbonyl (C=O) groups is 1. The SMILES string of the molecule is CC(C)=CCOc1cccc(C(=O)NC[C@@H]2CCOC2)c1. The average Bonchev–Trinajstić information content (AvgIpc) is 2.98. The highest BCUT2D eigenvalue weighted by atomic mass is 16.5. The molecule has 4 heteroatoms. The van der Waals surface area contributed by atoms with Crippen LogP contribution < -0.4 is 10.1 Å². The molecule has 1 aromatic carbocycles. The molecule has 114 valence electrons. The Hall–Kier alpha value is -1.81. The number of ether oxygens (including phenoxy) is 2. The molecule has 1 aromatic rings. The first-order chi connectivity index (χ1) is 10.1. The molecule has 1 atom stereocenters. The van der Waals surface area contributed by atoms with Crippen LogP contribution in [0.5, 0.6) is 5.75 Å². The molecular formula is C17H23NO3. The van der Waals surface area contributed by atoms with Gasteiger partial charge in [-0.2, -0.15) is 0 Å². The van der Waals surface area contributed by atoms with Crippen LogP contribution in [-0.4, -0.2) is 32.3 Å². The number of rotatable bonds is 6. The minimum Gasteiger partial charge on any atom is -0.490 e. The maximum Gasteiger partial charge on any atom is 0.251 e. The van der Waals surface area contributed by atoms with Crippen LogP contribution >= 0.6 is 0 Å². The van der Waals surface area contributed by atoms with Crippen LogP contribution in [0.4, 0.5) is 0 Å². The van der Waals surface area contributed by atoms with Crippen molar-refractivity contribution in [3.05, 3.63) is 41.5 Å². The van der Waals surface area contributed by atoms with Gasteiger partial charge in [0.1, 0.15) is 12.4 Å². The molecule has 0 spiro atoms. The number of nitrogens with one attached hydrogen (secondary N) is 1. The Morgan fingerprint density at radius 2 is 2.33 bits per heavy atom. The molecule has 21 heavy (non-hydrogen) atoms. The van der Waals surface area contributed by atoms with E-state index in [2.05, 4.69) is 5.32 Å². The van der Waals surface area contributed by atoms with Gasteiger partial charge < -0.3 is 14.8 Å².